The lowest BCUT2D eigenvalue weighted by molar-refractivity contribution is -0.140. The van der Waals surface area contributed by atoms with E-state index in [1.807, 2.05) is 0 Å². The van der Waals surface area contributed by atoms with Gasteiger partial charge in [-0.05, 0) is 75.7 Å². The number of rotatable bonds is 9. The molecule has 1 atom stereocenters. The maximum Gasteiger partial charge on any atom is 0.264 e. The second-order valence-electron chi connectivity index (χ2n) is 10.1. The molecule has 3 aromatic carbocycles. The van der Waals surface area contributed by atoms with Gasteiger partial charge in [0.25, 0.3) is 10.0 Å². The van der Waals surface area contributed by atoms with Gasteiger partial charge in [-0.15, -0.1) is 0 Å². The maximum absolute atomic E-state index is 14.0. The van der Waals surface area contributed by atoms with Gasteiger partial charge in [-0.25, -0.2) is 12.8 Å². The molecule has 0 fully saturated rings. The van der Waals surface area contributed by atoms with Crippen molar-refractivity contribution >= 4 is 62.3 Å². The standard InChI is InChI=1S/C28H29Cl3FN3O4S/c1-18(27(37)33-28(2,3)4)34(16-19-10-12-22(29)23(30)14-19)26(36)17-35(20-11-13-25(32)24(31)15-20)40(38,39)21-8-6-5-7-9-21/h5-15,18H,16-17H2,1-4H3,(H,33,37)/t18-/m1/s1. The van der Waals surface area contributed by atoms with Crippen LogP contribution < -0.4 is 9.62 Å². The number of hydrogen-bond acceptors (Lipinski definition) is 4. The molecule has 7 nitrogen and oxygen atoms in total. The van der Waals surface area contributed by atoms with Crippen molar-refractivity contribution in [2.45, 2.75) is 50.7 Å². The van der Waals surface area contributed by atoms with Crippen LogP contribution in [0.5, 0.6) is 0 Å². The number of sulfonamides is 1. The Morgan fingerprint density at radius 1 is 0.925 bits per heavy atom. The highest BCUT2D eigenvalue weighted by Gasteiger charge is 2.33. The van der Waals surface area contributed by atoms with Crippen LogP contribution in [0.3, 0.4) is 0 Å². The quantitative estimate of drug-likeness (QED) is 0.301. The summed E-state index contributed by atoms with van der Waals surface area (Å²) in [5.41, 5.74) is -0.0395. The zero-order valence-electron chi connectivity index (χ0n) is 22.3. The van der Waals surface area contributed by atoms with E-state index in [0.717, 1.165) is 16.4 Å². The Morgan fingerprint density at radius 3 is 2.15 bits per heavy atom. The van der Waals surface area contributed by atoms with E-state index in [1.165, 1.54) is 23.1 Å². The first-order valence-electron chi connectivity index (χ1n) is 12.2. The number of amides is 2. The highest BCUT2D eigenvalue weighted by Crippen LogP contribution is 2.29. The van der Waals surface area contributed by atoms with E-state index in [2.05, 4.69) is 5.32 Å². The Hall–Kier alpha value is -2.85. The highest BCUT2D eigenvalue weighted by atomic mass is 35.5. The highest BCUT2D eigenvalue weighted by molar-refractivity contribution is 7.92. The van der Waals surface area contributed by atoms with E-state index in [-0.39, 0.29) is 27.2 Å². The van der Waals surface area contributed by atoms with Crippen LogP contribution in [-0.4, -0.2) is 43.3 Å². The number of carbonyl (C=O) groups excluding carboxylic acids is 2. The number of halogens is 4. The van der Waals surface area contributed by atoms with Crippen LogP contribution in [0, 0.1) is 5.82 Å². The van der Waals surface area contributed by atoms with E-state index in [9.17, 15) is 22.4 Å². The van der Waals surface area contributed by atoms with Crippen molar-refractivity contribution in [2.24, 2.45) is 0 Å². The lowest BCUT2D eigenvalue weighted by Gasteiger charge is -2.33. The molecule has 0 unspecified atom stereocenters. The van der Waals surface area contributed by atoms with Crippen LogP contribution in [-0.2, 0) is 26.2 Å². The van der Waals surface area contributed by atoms with Crippen molar-refractivity contribution in [1.29, 1.82) is 0 Å². The first-order chi connectivity index (χ1) is 18.6. The third kappa shape index (κ3) is 7.87. The molecule has 0 spiro atoms. The first-order valence-corrected chi connectivity index (χ1v) is 14.8. The average molecular weight is 629 g/mol. The monoisotopic (exact) mass is 627 g/mol. The van der Waals surface area contributed by atoms with E-state index < -0.39 is 45.8 Å². The van der Waals surface area contributed by atoms with E-state index in [4.69, 9.17) is 34.8 Å². The molecular weight excluding hydrogens is 600 g/mol. The Bertz CT molecular complexity index is 1500. The third-order valence-corrected chi connectivity index (χ3v) is 8.62. The second-order valence-corrected chi connectivity index (χ2v) is 13.2. The number of nitrogens with one attached hydrogen (secondary N) is 1. The van der Waals surface area contributed by atoms with Crippen LogP contribution in [0.15, 0.2) is 71.6 Å². The van der Waals surface area contributed by atoms with Crippen molar-refractivity contribution in [3.63, 3.8) is 0 Å². The van der Waals surface area contributed by atoms with Gasteiger partial charge < -0.3 is 10.2 Å². The molecule has 0 aromatic heterocycles. The van der Waals surface area contributed by atoms with Crippen molar-refractivity contribution in [2.75, 3.05) is 10.8 Å². The van der Waals surface area contributed by atoms with Gasteiger partial charge in [-0.2, -0.15) is 0 Å². The van der Waals surface area contributed by atoms with Gasteiger partial charge >= 0.3 is 0 Å². The molecule has 12 heteroatoms. The molecule has 2 amide bonds. The zero-order valence-corrected chi connectivity index (χ0v) is 25.4. The summed E-state index contributed by atoms with van der Waals surface area (Å²) in [6, 6.07) is 14.6. The van der Waals surface area contributed by atoms with Gasteiger partial charge in [-0.1, -0.05) is 59.1 Å². The van der Waals surface area contributed by atoms with Gasteiger partial charge in [0.05, 0.1) is 25.7 Å². The van der Waals surface area contributed by atoms with Gasteiger partial charge in [0, 0.05) is 12.1 Å². The summed E-state index contributed by atoms with van der Waals surface area (Å²) in [6.07, 6.45) is 0. The predicted molar refractivity (Wildman–Crippen MR) is 157 cm³/mol. The Labute approximate surface area is 248 Å². The molecule has 1 N–H and O–H groups in total. The predicted octanol–water partition coefficient (Wildman–Crippen LogP) is 6.31. The fraction of sp³-hybridized carbons (Fsp3) is 0.286. The number of nitrogens with zero attached hydrogens (tertiary/aromatic N) is 2. The van der Waals surface area contributed by atoms with Crippen molar-refractivity contribution in [3.8, 4) is 0 Å². The minimum absolute atomic E-state index is 0.0233. The summed E-state index contributed by atoms with van der Waals surface area (Å²) >= 11 is 18.2. The topological polar surface area (TPSA) is 86.8 Å². The molecule has 0 aliphatic heterocycles. The molecule has 40 heavy (non-hydrogen) atoms. The molecule has 0 aliphatic carbocycles. The third-order valence-electron chi connectivity index (χ3n) is 5.80. The molecule has 0 heterocycles. The maximum atomic E-state index is 14.0. The van der Waals surface area contributed by atoms with Gasteiger partial charge in [0.1, 0.15) is 18.4 Å². The normalized spacial score (nSPS) is 12.5. The second kappa shape index (κ2) is 12.8. The molecule has 0 aliphatic rings. The molecule has 0 saturated heterocycles. The average Bonchev–Trinajstić information content (AvgIpc) is 2.88. The largest absolute Gasteiger partial charge is 0.350 e. The van der Waals surface area contributed by atoms with E-state index in [0.29, 0.717) is 10.6 Å². The molecule has 214 valence electrons. The van der Waals surface area contributed by atoms with Crippen molar-refractivity contribution in [1.82, 2.24) is 10.2 Å². The number of benzene rings is 3. The van der Waals surface area contributed by atoms with Crippen LogP contribution in [0.1, 0.15) is 33.3 Å². The summed E-state index contributed by atoms with van der Waals surface area (Å²) in [4.78, 5) is 28.2. The van der Waals surface area contributed by atoms with Crippen molar-refractivity contribution in [3.05, 3.63) is 93.2 Å². The first kappa shape index (κ1) is 31.7. The van der Waals surface area contributed by atoms with Crippen LogP contribution in [0.2, 0.25) is 15.1 Å². The van der Waals surface area contributed by atoms with Crippen molar-refractivity contribution < 1.29 is 22.4 Å². The fourth-order valence-electron chi connectivity index (χ4n) is 3.78. The van der Waals surface area contributed by atoms with E-state index >= 15 is 0 Å². The summed E-state index contributed by atoms with van der Waals surface area (Å²) in [7, 11) is -4.31. The van der Waals surface area contributed by atoms with Gasteiger partial charge in [0.2, 0.25) is 11.8 Å². The van der Waals surface area contributed by atoms with Crippen LogP contribution in [0.25, 0.3) is 0 Å². The van der Waals surface area contributed by atoms with Gasteiger partial charge in [0.15, 0.2) is 0 Å². The molecule has 3 aromatic rings. The minimum atomic E-state index is -4.31. The summed E-state index contributed by atoms with van der Waals surface area (Å²) in [5, 5.41) is 3.10. The Kier molecular flexibility index (Phi) is 10.1. The van der Waals surface area contributed by atoms with Gasteiger partial charge in [-0.3, -0.25) is 13.9 Å². The van der Waals surface area contributed by atoms with E-state index in [1.54, 1.807) is 64.1 Å². The number of hydrogen-bond donors (Lipinski definition) is 1. The molecular formula is C28H29Cl3FN3O4S. The number of carbonyl (C=O) groups is 2. The Morgan fingerprint density at radius 2 is 1.57 bits per heavy atom. The molecule has 0 saturated carbocycles. The Balaban J connectivity index is 2.06. The SMILES string of the molecule is C[C@H](C(=O)NC(C)(C)C)N(Cc1ccc(Cl)c(Cl)c1)C(=O)CN(c1ccc(F)c(Cl)c1)S(=O)(=O)c1ccccc1. The summed E-state index contributed by atoms with van der Waals surface area (Å²) in [6.45, 7) is 6.17. The zero-order chi connectivity index (χ0) is 29.8. The van der Waals surface area contributed by atoms with Crippen LogP contribution in [0.4, 0.5) is 10.1 Å². The summed E-state index contributed by atoms with van der Waals surface area (Å²) < 4.78 is 42.3. The lowest BCUT2D eigenvalue weighted by Crippen LogP contribution is -2.54. The molecule has 0 bridgehead atoms. The smallest absolute Gasteiger partial charge is 0.264 e. The fourth-order valence-corrected chi connectivity index (χ4v) is 5.70. The number of anilines is 1. The summed E-state index contributed by atoms with van der Waals surface area (Å²) in [5.74, 6) is -1.88. The minimum Gasteiger partial charge on any atom is -0.350 e. The lowest BCUT2D eigenvalue weighted by atomic mass is 10.1. The molecule has 0 radical (unpaired) electrons. The van der Waals surface area contributed by atoms with Crippen LogP contribution >= 0.6 is 34.8 Å². The molecule has 3 rings (SSSR count).